The van der Waals surface area contributed by atoms with Gasteiger partial charge in [0, 0.05) is 0 Å². The highest BCUT2D eigenvalue weighted by Gasteiger charge is 2.36. The summed E-state index contributed by atoms with van der Waals surface area (Å²) in [6, 6.07) is 0. The molecule has 4 N–H and O–H groups in total. The molecule has 60 valence electrons. The minimum Gasteiger partial charge on any atom is -0.388 e. The van der Waals surface area contributed by atoms with Crippen LogP contribution in [0.15, 0.2) is 0 Å². The molecule has 0 bridgehead atoms. The van der Waals surface area contributed by atoms with Crippen molar-refractivity contribution in [3.05, 3.63) is 0 Å². The Labute approximate surface area is 57.5 Å². The molecule has 1 fully saturated rings. The van der Waals surface area contributed by atoms with E-state index in [0.29, 0.717) is 0 Å². The van der Waals surface area contributed by atoms with Gasteiger partial charge in [0.25, 0.3) is 0 Å². The summed E-state index contributed by atoms with van der Waals surface area (Å²) in [5, 5.41) is 35.3. The van der Waals surface area contributed by atoms with Crippen molar-refractivity contribution in [3.63, 3.8) is 0 Å². The van der Waals surface area contributed by atoms with Gasteiger partial charge in [-0.2, -0.15) is 0 Å². The molecule has 0 aliphatic carbocycles. The zero-order valence-electron chi connectivity index (χ0n) is 5.21. The maximum absolute atomic E-state index is 8.88. The van der Waals surface area contributed by atoms with Crippen molar-refractivity contribution in [2.45, 2.75) is 24.6 Å². The molecule has 10 heavy (non-hydrogen) atoms. The van der Waals surface area contributed by atoms with Crippen LogP contribution in [0.3, 0.4) is 0 Å². The van der Waals surface area contributed by atoms with Crippen LogP contribution in [0.1, 0.15) is 0 Å². The van der Waals surface area contributed by atoms with Crippen LogP contribution in [-0.2, 0) is 4.74 Å². The minimum atomic E-state index is -1.41. The zero-order chi connectivity index (χ0) is 7.72. The molecule has 3 unspecified atom stereocenters. The molecule has 5 nitrogen and oxygen atoms in total. The van der Waals surface area contributed by atoms with Crippen molar-refractivity contribution in [2.24, 2.45) is 0 Å². The highest BCUT2D eigenvalue weighted by molar-refractivity contribution is 4.81. The molecular formula is C5H10O5. The maximum Gasteiger partial charge on any atom is 0.183 e. The van der Waals surface area contributed by atoms with Gasteiger partial charge in [0.15, 0.2) is 6.29 Å². The topological polar surface area (TPSA) is 90.2 Å². The lowest BCUT2D eigenvalue weighted by Gasteiger charge is -2.31. The highest BCUT2D eigenvalue weighted by atomic mass is 16.6. The Balaban J connectivity index is 2.52. The largest absolute Gasteiger partial charge is 0.388 e. The quantitative estimate of drug-likeness (QED) is 0.304. The fourth-order valence-electron chi connectivity index (χ4n) is 0.791. The van der Waals surface area contributed by atoms with Gasteiger partial charge < -0.3 is 25.2 Å². The molecule has 1 rings (SSSR count). The number of hydrogen-bond acceptors (Lipinski definition) is 5. The summed E-state index contributed by atoms with van der Waals surface area (Å²) in [4.78, 5) is 0. The number of rotatable bonds is 0. The van der Waals surface area contributed by atoms with Crippen LogP contribution >= 0.6 is 0 Å². The fourth-order valence-corrected chi connectivity index (χ4v) is 0.791. The van der Waals surface area contributed by atoms with Gasteiger partial charge in [-0.1, -0.05) is 0 Å². The molecule has 0 aromatic rings. The maximum atomic E-state index is 8.88. The number of aliphatic hydroxyl groups excluding tert-OH is 4. The molecule has 0 aromatic heterocycles. The Morgan fingerprint density at radius 3 is 2.10 bits per heavy atom. The van der Waals surface area contributed by atoms with Crippen LogP contribution in [0.25, 0.3) is 0 Å². The monoisotopic (exact) mass is 150 g/mol. The Bertz CT molecular complexity index is 103. The fraction of sp³-hybridized carbons (Fsp3) is 1.00. The Morgan fingerprint density at radius 1 is 1.00 bits per heavy atom. The smallest absolute Gasteiger partial charge is 0.183 e. The second-order valence-corrected chi connectivity index (χ2v) is 2.27. The van der Waals surface area contributed by atoms with Gasteiger partial charge in [0.1, 0.15) is 18.3 Å². The normalized spacial score (nSPS) is 49.2. The molecule has 0 aromatic carbocycles. The first-order chi connectivity index (χ1) is 4.63. The summed E-state index contributed by atoms with van der Waals surface area (Å²) in [7, 11) is 0. The summed E-state index contributed by atoms with van der Waals surface area (Å²) in [5.74, 6) is 0. The number of aliphatic hydroxyl groups is 4. The minimum absolute atomic E-state index is 0.153. The van der Waals surface area contributed by atoms with Crippen LogP contribution in [-0.4, -0.2) is 51.6 Å². The van der Waals surface area contributed by atoms with Gasteiger partial charge in [-0.25, -0.2) is 0 Å². The summed E-state index contributed by atoms with van der Waals surface area (Å²) < 4.78 is 4.47. The van der Waals surface area contributed by atoms with Crippen LogP contribution < -0.4 is 0 Å². The van der Waals surface area contributed by atoms with E-state index in [9.17, 15) is 0 Å². The van der Waals surface area contributed by atoms with E-state index >= 15 is 0 Å². The summed E-state index contributed by atoms with van der Waals surface area (Å²) in [6.07, 6.45) is -5.23. The van der Waals surface area contributed by atoms with Crippen molar-refractivity contribution in [1.29, 1.82) is 0 Å². The molecule has 1 saturated heterocycles. The van der Waals surface area contributed by atoms with E-state index in [1.165, 1.54) is 0 Å². The van der Waals surface area contributed by atoms with Crippen molar-refractivity contribution in [2.75, 3.05) is 6.61 Å². The van der Waals surface area contributed by atoms with E-state index in [2.05, 4.69) is 4.74 Å². The standard InChI is InChI=1S/C5H10O5/c6-2-1-10-5(9)4(8)3(2)7/h2-9H,1H2/t2?,3-,4?,5?/m1/s1. The second-order valence-electron chi connectivity index (χ2n) is 2.27. The lowest BCUT2D eigenvalue weighted by molar-refractivity contribution is -0.252. The van der Waals surface area contributed by atoms with E-state index in [1.54, 1.807) is 0 Å². The molecule has 5 heteroatoms. The van der Waals surface area contributed by atoms with Crippen molar-refractivity contribution in [1.82, 2.24) is 0 Å². The summed E-state index contributed by atoms with van der Waals surface area (Å²) in [6.45, 7) is -0.153. The van der Waals surface area contributed by atoms with E-state index < -0.39 is 24.6 Å². The first-order valence-corrected chi connectivity index (χ1v) is 2.97. The summed E-state index contributed by atoms with van der Waals surface area (Å²) >= 11 is 0. The molecule has 0 spiro atoms. The molecule has 0 amide bonds. The highest BCUT2D eigenvalue weighted by Crippen LogP contribution is 2.12. The van der Waals surface area contributed by atoms with Crippen molar-refractivity contribution in [3.8, 4) is 0 Å². The lowest BCUT2D eigenvalue weighted by atomic mass is 10.1. The molecule has 1 heterocycles. The van der Waals surface area contributed by atoms with E-state index in [4.69, 9.17) is 20.4 Å². The second kappa shape index (κ2) is 2.81. The first-order valence-electron chi connectivity index (χ1n) is 2.97. The van der Waals surface area contributed by atoms with Gasteiger partial charge >= 0.3 is 0 Å². The van der Waals surface area contributed by atoms with Crippen molar-refractivity contribution >= 4 is 0 Å². The van der Waals surface area contributed by atoms with Crippen LogP contribution in [0, 0.1) is 0 Å². The van der Waals surface area contributed by atoms with E-state index in [0.717, 1.165) is 0 Å². The van der Waals surface area contributed by atoms with Crippen LogP contribution in [0.5, 0.6) is 0 Å². The SMILES string of the molecule is OC1OCC(O)[C@@H](O)C1O. The van der Waals surface area contributed by atoms with Gasteiger partial charge in [0.05, 0.1) is 6.61 Å². The van der Waals surface area contributed by atoms with Gasteiger partial charge in [-0.05, 0) is 0 Å². The molecule has 1 aliphatic heterocycles. The molecule has 4 atom stereocenters. The third kappa shape index (κ3) is 1.28. The van der Waals surface area contributed by atoms with Crippen molar-refractivity contribution < 1.29 is 25.2 Å². The van der Waals surface area contributed by atoms with Gasteiger partial charge in [0.2, 0.25) is 0 Å². The van der Waals surface area contributed by atoms with Gasteiger partial charge in [-0.15, -0.1) is 0 Å². The molecular weight excluding hydrogens is 140 g/mol. The van der Waals surface area contributed by atoms with Gasteiger partial charge in [-0.3, -0.25) is 0 Å². The predicted molar refractivity (Wildman–Crippen MR) is 30.0 cm³/mol. The predicted octanol–water partition coefficient (Wildman–Crippen LogP) is -2.58. The van der Waals surface area contributed by atoms with Crippen LogP contribution in [0.2, 0.25) is 0 Å². The van der Waals surface area contributed by atoms with E-state index in [1.807, 2.05) is 0 Å². The summed E-state index contributed by atoms with van der Waals surface area (Å²) in [5.41, 5.74) is 0. The first kappa shape index (κ1) is 7.90. The lowest BCUT2D eigenvalue weighted by Crippen LogP contribution is -2.52. The molecule has 0 saturated carbocycles. The third-order valence-electron chi connectivity index (χ3n) is 1.47. The average Bonchev–Trinajstić information content (AvgIpc) is 1.93. The Morgan fingerprint density at radius 2 is 1.60 bits per heavy atom. The number of hydrogen-bond donors (Lipinski definition) is 4. The van der Waals surface area contributed by atoms with Crippen LogP contribution in [0.4, 0.5) is 0 Å². The zero-order valence-corrected chi connectivity index (χ0v) is 5.21. The Kier molecular flexibility index (Phi) is 2.22. The third-order valence-corrected chi connectivity index (χ3v) is 1.47. The Hall–Kier alpha value is -0.200. The van der Waals surface area contributed by atoms with E-state index in [-0.39, 0.29) is 6.61 Å². The molecule has 0 radical (unpaired) electrons. The molecule has 1 aliphatic rings. The average molecular weight is 150 g/mol. The number of ether oxygens (including phenoxy) is 1.